The Morgan fingerprint density at radius 1 is 1.33 bits per heavy atom. The fraction of sp³-hybridized carbons (Fsp3) is 1.00. The third-order valence-electron chi connectivity index (χ3n) is 4.75. The van der Waals surface area contributed by atoms with Crippen LogP contribution in [0.5, 0.6) is 0 Å². The van der Waals surface area contributed by atoms with Crippen LogP contribution in [0, 0.1) is 11.3 Å². The Bertz CT molecular complexity index is 215. The summed E-state index contributed by atoms with van der Waals surface area (Å²) in [4.78, 5) is 2.63. The lowest BCUT2D eigenvalue weighted by Gasteiger charge is -2.41. The van der Waals surface area contributed by atoms with E-state index in [1.807, 2.05) is 0 Å². The number of likely N-dealkylation sites (tertiary alicyclic amines) is 1. The van der Waals surface area contributed by atoms with Crippen molar-refractivity contribution in [1.82, 2.24) is 10.2 Å². The summed E-state index contributed by atoms with van der Waals surface area (Å²) in [7, 11) is 2.06. The minimum Gasteiger partial charge on any atom is -0.396 e. The van der Waals surface area contributed by atoms with Gasteiger partial charge >= 0.3 is 0 Å². The number of hydrogen-bond donors (Lipinski definition) is 2. The van der Waals surface area contributed by atoms with Gasteiger partial charge in [-0.05, 0) is 57.0 Å². The smallest absolute Gasteiger partial charge is 0.0434 e. The molecular weight excluding hydrogens is 224 g/mol. The molecule has 0 aromatic rings. The molecule has 1 unspecified atom stereocenters. The van der Waals surface area contributed by atoms with Crippen molar-refractivity contribution in [3.8, 4) is 0 Å². The monoisotopic (exact) mass is 256 g/mol. The van der Waals surface area contributed by atoms with E-state index < -0.39 is 0 Å². The number of rotatable bonds is 8. The van der Waals surface area contributed by atoms with E-state index in [-0.39, 0.29) is 0 Å². The molecule has 18 heavy (non-hydrogen) atoms. The fourth-order valence-corrected chi connectivity index (χ4v) is 3.34. The molecule has 0 spiro atoms. The fourth-order valence-electron chi connectivity index (χ4n) is 3.34. The molecule has 0 aromatic heterocycles. The molecule has 1 rings (SSSR count). The highest BCUT2D eigenvalue weighted by molar-refractivity contribution is 4.84. The van der Waals surface area contributed by atoms with E-state index in [4.69, 9.17) is 5.11 Å². The summed E-state index contributed by atoms with van der Waals surface area (Å²) in [6.07, 6.45) is 6.06. The van der Waals surface area contributed by atoms with Crippen LogP contribution < -0.4 is 5.32 Å². The molecule has 1 aliphatic heterocycles. The Kier molecular flexibility index (Phi) is 7.20. The predicted molar refractivity (Wildman–Crippen MR) is 77.8 cm³/mol. The summed E-state index contributed by atoms with van der Waals surface area (Å²) >= 11 is 0. The molecule has 0 bridgehead atoms. The molecule has 2 N–H and O–H groups in total. The van der Waals surface area contributed by atoms with Crippen molar-refractivity contribution in [2.45, 2.75) is 46.0 Å². The van der Waals surface area contributed by atoms with E-state index >= 15 is 0 Å². The SMILES string of the molecule is CCC(CC)(CNC)CN1CCCC(CCO)C1. The molecule has 108 valence electrons. The molecule has 3 heteroatoms. The largest absolute Gasteiger partial charge is 0.396 e. The summed E-state index contributed by atoms with van der Waals surface area (Å²) in [5.74, 6) is 0.713. The number of aliphatic hydroxyl groups is 1. The van der Waals surface area contributed by atoms with Crippen LogP contribution in [0.15, 0.2) is 0 Å². The third-order valence-corrected chi connectivity index (χ3v) is 4.75. The van der Waals surface area contributed by atoms with Gasteiger partial charge in [-0.25, -0.2) is 0 Å². The lowest BCUT2D eigenvalue weighted by Crippen LogP contribution is -2.46. The predicted octanol–water partition coefficient (Wildman–Crippen LogP) is 2.11. The highest BCUT2D eigenvalue weighted by atomic mass is 16.3. The van der Waals surface area contributed by atoms with Crippen LogP contribution in [0.2, 0.25) is 0 Å². The molecule has 3 nitrogen and oxygen atoms in total. The van der Waals surface area contributed by atoms with Gasteiger partial charge in [0, 0.05) is 26.2 Å². The lowest BCUT2D eigenvalue weighted by atomic mass is 9.80. The van der Waals surface area contributed by atoms with Gasteiger partial charge in [0.1, 0.15) is 0 Å². The Balaban J connectivity index is 2.52. The van der Waals surface area contributed by atoms with Crippen LogP contribution in [0.1, 0.15) is 46.0 Å². The van der Waals surface area contributed by atoms with E-state index in [0.717, 1.165) is 13.0 Å². The van der Waals surface area contributed by atoms with Crippen LogP contribution in [0.4, 0.5) is 0 Å². The van der Waals surface area contributed by atoms with E-state index in [9.17, 15) is 0 Å². The standard InChI is InChI=1S/C15H32N2O/c1-4-15(5-2,12-16-3)13-17-9-6-7-14(11-17)8-10-18/h14,16,18H,4-13H2,1-3H3. The van der Waals surface area contributed by atoms with Gasteiger partial charge in [0.25, 0.3) is 0 Å². The van der Waals surface area contributed by atoms with Crippen molar-refractivity contribution in [3.63, 3.8) is 0 Å². The second-order valence-electron chi connectivity index (χ2n) is 5.99. The van der Waals surface area contributed by atoms with Gasteiger partial charge in [0.05, 0.1) is 0 Å². The topological polar surface area (TPSA) is 35.5 Å². The first kappa shape index (κ1) is 15.9. The van der Waals surface area contributed by atoms with Gasteiger partial charge in [0.2, 0.25) is 0 Å². The number of nitrogens with zero attached hydrogens (tertiary/aromatic N) is 1. The maximum Gasteiger partial charge on any atom is 0.0434 e. The van der Waals surface area contributed by atoms with Crippen LogP contribution in [0.3, 0.4) is 0 Å². The van der Waals surface area contributed by atoms with E-state index in [1.165, 1.54) is 45.3 Å². The Labute approximate surface area is 113 Å². The number of piperidine rings is 1. The summed E-state index contributed by atoms with van der Waals surface area (Å²) < 4.78 is 0. The molecule has 1 atom stereocenters. The lowest BCUT2D eigenvalue weighted by molar-refractivity contribution is 0.0865. The summed E-state index contributed by atoms with van der Waals surface area (Å²) in [5, 5.41) is 12.5. The number of hydrogen-bond acceptors (Lipinski definition) is 3. The minimum atomic E-state index is 0.349. The van der Waals surface area contributed by atoms with Gasteiger partial charge in [-0.2, -0.15) is 0 Å². The van der Waals surface area contributed by atoms with Crippen LogP contribution in [-0.2, 0) is 0 Å². The summed E-state index contributed by atoms with van der Waals surface area (Å²) in [5.41, 5.74) is 0.426. The summed E-state index contributed by atoms with van der Waals surface area (Å²) in [6, 6.07) is 0. The zero-order valence-corrected chi connectivity index (χ0v) is 12.5. The maximum atomic E-state index is 9.09. The minimum absolute atomic E-state index is 0.349. The molecule has 1 heterocycles. The van der Waals surface area contributed by atoms with E-state index in [1.54, 1.807) is 0 Å². The first-order chi connectivity index (χ1) is 8.69. The van der Waals surface area contributed by atoms with Crippen molar-refractivity contribution in [1.29, 1.82) is 0 Å². The van der Waals surface area contributed by atoms with E-state index in [0.29, 0.717) is 17.9 Å². The Morgan fingerprint density at radius 3 is 2.61 bits per heavy atom. The first-order valence-electron chi connectivity index (χ1n) is 7.67. The zero-order valence-electron chi connectivity index (χ0n) is 12.5. The highest BCUT2D eigenvalue weighted by Crippen LogP contribution is 2.29. The molecule has 0 aromatic carbocycles. The summed E-state index contributed by atoms with van der Waals surface area (Å²) in [6.45, 7) is 9.73. The van der Waals surface area contributed by atoms with Crippen LogP contribution in [0.25, 0.3) is 0 Å². The van der Waals surface area contributed by atoms with Gasteiger partial charge < -0.3 is 15.3 Å². The average Bonchev–Trinajstić information content (AvgIpc) is 2.39. The maximum absolute atomic E-state index is 9.09. The highest BCUT2D eigenvalue weighted by Gasteiger charge is 2.30. The molecular formula is C15H32N2O. The van der Waals surface area contributed by atoms with Gasteiger partial charge in [-0.1, -0.05) is 13.8 Å². The second-order valence-corrected chi connectivity index (χ2v) is 5.99. The second kappa shape index (κ2) is 8.13. The van der Waals surface area contributed by atoms with Crippen molar-refractivity contribution in [2.24, 2.45) is 11.3 Å². The van der Waals surface area contributed by atoms with Gasteiger partial charge in [-0.15, -0.1) is 0 Å². The first-order valence-corrected chi connectivity index (χ1v) is 7.67. The van der Waals surface area contributed by atoms with Crippen LogP contribution >= 0.6 is 0 Å². The normalized spacial score (nSPS) is 22.3. The molecule has 0 radical (unpaired) electrons. The van der Waals surface area contributed by atoms with Crippen molar-refractivity contribution in [2.75, 3.05) is 39.8 Å². The zero-order chi connectivity index (χ0) is 13.4. The number of nitrogens with one attached hydrogen (secondary N) is 1. The van der Waals surface area contributed by atoms with Crippen molar-refractivity contribution < 1.29 is 5.11 Å². The van der Waals surface area contributed by atoms with Gasteiger partial charge in [0.15, 0.2) is 0 Å². The average molecular weight is 256 g/mol. The number of aliphatic hydroxyl groups excluding tert-OH is 1. The Morgan fingerprint density at radius 2 is 2.06 bits per heavy atom. The molecule has 0 amide bonds. The van der Waals surface area contributed by atoms with Crippen LogP contribution in [-0.4, -0.2) is 49.8 Å². The van der Waals surface area contributed by atoms with Gasteiger partial charge in [-0.3, -0.25) is 0 Å². The Hall–Kier alpha value is -0.120. The van der Waals surface area contributed by atoms with E-state index in [2.05, 4.69) is 31.1 Å². The van der Waals surface area contributed by atoms with Crippen molar-refractivity contribution in [3.05, 3.63) is 0 Å². The molecule has 1 saturated heterocycles. The quantitative estimate of drug-likeness (QED) is 0.698. The molecule has 0 aliphatic carbocycles. The van der Waals surface area contributed by atoms with Crippen molar-refractivity contribution >= 4 is 0 Å². The molecule has 1 fully saturated rings. The third kappa shape index (κ3) is 4.52. The molecule has 1 aliphatic rings. The molecule has 0 saturated carbocycles.